The first-order valence-corrected chi connectivity index (χ1v) is 13.4. The standard InChI is InChI=1S/C36H22N2O2/c1-5-13-29-25(9-1)26-10-2-6-14-30(26)37(29)23-17-19-33-35(21-23)40-36-22-24(18-20-34(36)39-33)38-31-15-7-3-11-27(31)28-12-4-8-16-32(28)38/h1-22H. The molecule has 0 saturated carbocycles. The lowest BCUT2D eigenvalue weighted by atomic mass is 10.2. The monoisotopic (exact) mass is 514 g/mol. The van der Waals surface area contributed by atoms with E-state index in [0.717, 1.165) is 33.4 Å². The van der Waals surface area contributed by atoms with E-state index in [-0.39, 0.29) is 0 Å². The van der Waals surface area contributed by atoms with Crippen molar-refractivity contribution in [3.05, 3.63) is 133 Å². The molecule has 0 radical (unpaired) electrons. The number of fused-ring (bicyclic) bond motifs is 8. The second-order valence-electron chi connectivity index (χ2n) is 10.2. The van der Waals surface area contributed by atoms with Crippen LogP contribution < -0.4 is 9.47 Å². The van der Waals surface area contributed by atoms with Crippen molar-refractivity contribution >= 4 is 43.6 Å². The Morgan fingerprint density at radius 1 is 0.325 bits per heavy atom. The van der Waals surface area contributed by atoms with Gasteiger partial charge in [-0.15, -0.1) is 0 Å². The molecule has 9 rings (SSSR count). The molecule has 0 bridgehead atoms. The first kappa shape index (κ1) is 21.5. The average molecular weight is 515 g/mol. The van der Waals surface area contributed by atoms with Gasteiger partial charge in [-0.2, -0.15) is 0 Å². The van der Waals surface area contributed by atoms with Crippen LogP contribution in [0.5, 0.6) is 23.0 Å². The zero-order valence-corrected chi connectivity index (χ0v) is 21.4. The lowest BCUT2D eigenvalue weighted by Crippen LogP contribution is -2.02. The van der Waals surface area contributed by atoms with Gasteiger partial charge in [-0.1, -0.05) is 72.8 Å². The second-order valence-corrected chi connectivity index (χ2v) is 10.2. The third-order valence-corrected chi connectivity index (χ3v) is 7.97. The van der Waals surface area contributed by atoms with E-state index in [1.54, 1.807) is 0 Å². The smallest absolute Gasteiger partial charge is 0.172 e. The Balaban J connectivity index is 1.18. The molecule has 8 aromatic rings. The maximum absolute atomic E-state index is 6.55. The van der Waals surface area contributed by atoms with E-state index in [1.807, 2.05) is 12.1 Å². The van der Waals surface area contributed by atoms with Crippen LogP contribution in [0.2, 0.25) is 0 Å². The highest BCUT2D eigenvalue weighted by molar-refractivity contribution is 6.10. The minimum absolute atomic E-state index is 0.700. The lowest BCUT2D eigenvalue weighted by Gasteiger charge is -2.22. The molecule has 188 valence electrons. The van der Waals surface area contributed by atoms with Gasteiger partial charge in [0, 0.05) is 33.7 Å². The summed E-state index contributed by atoms with van der Waals surface area (Å²) in [5.41, 5.74) is 6.70. The van der Waals surface area contributed by atoms with E-state index in [9.17, 15) is 0 Å². The Labute approximate surface area is 229 Å². The predicted octanol–water partition coefficient (Wildman–Crippen LogP) is 9.78. The van der Waals surface area contributed by atoms with Crippen LogP contribution in [0, 0.1) is 0 Å². The third-order valence-electron chi connectivity index (χ3n) is 7.97. The van der Waals surface area contributed by atoms with Gasteiger partial charge >= 0.3 is 0 Å². The van der Waals surface area contributed by atoms with Crippen LogP contribution in [0.25, 0.3) is 55.0 Å². The van der Waals surface area contributed by atoms with Gasteiger partial charge in [-0.05, 0) is 48.5 Å². The molecule has 3 heterocycles. The predicted molar refractivity (Wildman–Crippen MR) is 162 cm³/mol. The van der Waals surface area contributed by atoms with Crippen molar-refractivity contribution < 1.29 is 9.47 Å². The molecular weight excluding hydrogens is 492 g/mol. The quantitative estimate of drug-likeness (QED) is 0.230. The minimum Gasteiger partial charge on any atom is -0.450 e. The van der Waals surface area contributed by atoms with Gasteiger partial charge in [0.15, 0.2) is 23.0 Å². The fourth-order valence-electron chi connectivity index (χ4n) is 6.24. The summed E-state index contributed by atoms with van der Waals surface area (Å²) in [6.07, 6.45) is 0. The number of nitrogens with zero attached hydrogens (tertiary/aromatic N) is 2. The topological polar surface area (TPSA) is 28.3 Å². The van der Waals surface area contributed by atoms with Crippen molar-refractivity contribution in [1.82, 2.24) is 9.13 Å². The van der Waals surface area contributed by atoms with Crippen LogP contribution in [-0.2, 0) is 0 Å². The van der Waals surface area contributed by atoms with Crippen LogP contribution in [-0.4, -0.2) is 9.13 Å². The maximum Gasteiger partial charge on any atom is 0.172 e. The summed E-state index contributed by atoms with van der Waals surface area (Å²) in [5, 5.41) is 4.92. The average Bonchev–Trinajstić information content (AvgIpc) is 3.53. The van der Waals surface area contributed by atoms with E-state index in [2.05, 4.69) is 130 Å². The highest BCUT2D eigenvalue weighted by Gasteiger charge is 2.22. The van der Waals surface area contributed by atoms with E-state index < -0.39 is 0 Å². The molecule has 2 aromatic heterocycles. The molecule has 4 nitrogen and oxygen atoms in total. The molecule has 0 N–H and O–H groups in total. The van der Waals surface area contributed by atoms with Gasteiger partial charge < -0.3 is 18.6 Å². The molecule has 0 amide bonds. The van der Waals surface area contributed by atoms with Crippen LogP contribution >= 0.6 is 0 Å². The van der Waals surface area contributed by atoms with Crippen molar-refractivity contribution in [2.45, 2.75) is 0 Å². The SMILES string of the molecule is c1ccc2c(c1)c1ccccc1n2-c1ccc2c(c1)Oc1cc(-n3c4ccccc4c4ccccc43)ccc1O2. The van der Waals surface area contributed by atoms with Gasteiger partial charge in [0.2, 0.25) is 0 Å². The lowest BCUT2D eigenvalue weighted by molar-refractivity contribution is 0.359. The summed E-state index contributed by atoms with van der Waals surface area (Å²) < 4.78 is 17.5. The Morgan fingerprint density at radius 2 is 0.650 bits per heavy atom. The van der Waals surface area contributed by atoms with Gasteiger partial charge in [0.1, 0.15) is 0 Å². The number of aromatic nitrogens is 2. The molecule has 0 atom stereocenters. The summed E-state index contributed by atoms with van der Waals surface area (Å²) in [7, 11) is 0. The minimum atomic E-state index is 0.700. The summed E-state index contributed by atoms with van der Waals surface area (Å²) in [6.45, 7) is 0. The highest BCUT2D eigenvalue weighted by atomic mass is 16.6. The number of hydrogen-bond donors (Lipinski definition) is 0. The zero-order chi connectivity index (χ0) is 26.2. The van der Waals surface area contributed by atoms with Crippen LogP contribution in [0.15, 0.2) is 133 Å². The van der Waals surface area contributed by atoms with E-state index in [0.29, 0.717) is 23.0 Å². The number of hydrogen-bond acceptors (Lipinski definition) is 2. The third kappa shape index (κ3) is 2.96. The summed E-state index contributed by atoms with van der Waals surface area (Å²) in [4.78, 5) is 0. The Kier molecular flexibility index (Phi) is 4.30. The normalized spacial score (nSPS) is 12.4. The van der Waals surface area contributed by atoms with Gasteiger partial charge in [0.25, 0.3) is 0 Å². The van der Waals surface area contributed by atoms with Gasteiger partial charge in [0.05, 0.1) is 33.4 Å². The number of ether oxygens (including phenoxy) is 2. The first-order chi connectivity index (χ1) is 19.8. The number of benzene rings is 6. The van der Waals surface area contributed by atoms with E-state index in [1.165, 1.54) is 21.5 Å². The van der Waals surface area contributed by atoms with E-state index in [4.69, 9.17) is 9.47 Å². The fourth-order valence-corrected chi connectivity index (χ4v) is 6.24. The van der Waals surface area contributed by atoms with Crippen LogP contribution in [0.1, 0.15) is 0 Å². The zero-order valence-electron chi connectivity index (χ0n) is 21.4. The van der Waals surface area contributed by atoms with Crippen LogP contribution in [0.4, 0.5) is 0 Å². The van der Waals surface area contributed by atoms with Crippen molar-refractivity contribution in [3.63, 3.8) is 0 Å². The van der Waals surface area contributed by atoms with E-state index >= 15 is 0 Å². The van der Waals surface area contributed by atoms with Crippen molar-refractivity contribution in [2.24, 2.45) is 0 Å². The highest BCUT2D eigenvalue weighted by Crippen LogP contribution is 2.47. The molecule has 6 aromatic carbocycles. The Hall–Kier alpha value is -5.48. The summed E-state index contributed by atoms with van der Waals surface area (Å²) in [5.74, 6) is 2.82. The fraction of sp³-hybridized carbons (Fsp3) is 0. The Morgan fingerprint density at radius 3 is 1.02 bits per heavy atom. The van der Waals surface area contributed by atoms with Crippen LogP contribution in [0.3, 0.4) is 0 Å². The van der Waals surface area contributed by atoms with Crippen molar-refractivity contribution in [1.29, 1.82) is 0 Å². The van der Waals surface area contributed by atoms with Crippen molar-refractivity contribution in [2.75, 3.05) is 0 Å². The molecule has 40 heavy (non-hydrogen) atoms. The molecular formula is C36H22N2O2. The molecule has 1 aliphatic rings. The molecule has 0 unspecified atom stereocenters. The summed E-state index contributed by atoms with van der Waals surface area (Å²) >= 11 is 0. The number of para-hydroxylation sites is 4. The second kappa shape index (κ2) is 8.01. The first-order valence-electron chi connectivity index (χ1n) is 13.4. The molecule has 0 aliphatic carbocycles. The molecule has 0 saturated heterocycles. The maximum atomic E-state index is 6.55. The van der Waals surface area contributed by atoms with Gasteiger partial charge in [-0.3, -0.25) is 0 Å². The summed E-state index contributed by atoms with van der Waals surface area (Å²) in [6, 6.07) is 46.4. The largest absolute Gasteiger partial charge is 0.450 e. The molecule has 0 spiro atoms. The number of rotatable bonds is 2. The molecule has 1 aliphatic heterocycles. The molecule has 4 heteroatoms. The molecule has 0 fully saturated rings. The Bertz CT molecular complexity index is 2020. The van der Waals surface area contributed by atoms with Crippen molar-refractivity contribution in [3.8, 4) is 34.4 Å². The van der Waals surface area contributed by atoms with Gasteiger partial charge in [-0.25, -0.2) is 0 Å².